The summed E-state index contributed by atoms with van der Waals surface area (Å²) in [5.41, 5.74) is 13.8. The van der Waals surface area contributed by atoms with Crippen LogP contribution in [0.1, 0.15) is 184 Å². The fourth-order valence-corrected chi connectivity index (χ4v) is 11.2. The second kappa shape index (κ2) is 30.0. The molecule has 0 spiro atoms. The van der Waals surface area contributed by atoms with Gasteiger partial charge in [-0.05, 0) is 159 Å². The molecule has 0 bridgehead atoms. The first kappa shape index (κ1) is 58.4. The van der Waals surface area contributed by atoms with Crippen molar-refractivity contribution in [2.45, 2.75) is 180 Å². The lowest BCUT2D eigenvalue weighted by Crippen LogP contribution is -2.57. The summed E-state index contributed by atoms with van der Waals surface area (Å²) in [6.45, 7) is 4.48. The maximum atomic E-state index is 14.3. The Bertz CT molecular complexity index is 2380. The topological polar surface area (TPSA) is 179 Å². The highest BCUT2D eigenvalue weighted by Gasteiger charge is 2.54. The molecule has 6 N–H and O–H groups in total. The Hall–Kier alpha value is -5.84. The predicted molar refractivity (Wildman–Crippen MR) is 302 cm³/mol. The van der Waals surface area contributed by atoms with Crippen LogP contribution in [-0.2, 0) is 32.0 Å². The molecule has 2 aliphatic rings. The first-order valence-corrected chi connectivity index (χ1v) is 28.5. The number of hydrogen-bond donors (Lipinski definition) is 4. The quantitative estimate of drug-likeness (QED) is 0.00981. The molecule has 404 valence electrons. The van der Waals surface area contributed by atoms with Crippen LogP contribution in [0.3, 0.4) is 0 Å². The fraction of sp³-hybridized carbons (Fsp3) is 0.508. The number of allylic oxidation sites excluding steroid dienone is 1. The average Bonchev–Trinajstić information content (AvgIpc) is 3.41. The number of ketones is 2. The third-order valence-corrected chi connectivity index (χ3v) is 16.0. The van der Waals surface area contributed by atoms with Gasteiger partial charge in [-0.1, -0.05) is 164 Å². The second-order valence-corrected chi connectivity index (χ2v) is 22.0. The number of aliphatic hydroxyl groups is 2. The van der Waals surface area contributed by atoms with Crippen molar-refractivity contribution in [1.29, 1.82) is 0 Å². The Labute approximate surface area is 447 Å². The number of hydrogen-bond acceptors (Lipinski definition) is 10. The van der Waals surface area contributed by atoms with Gasteiger partial charge in [0.05, 0.1) is 11.8 Å². The Morgan fingerprint density at radius 1 is 0.507 bits per heavy atom. The molecule has 4 aromatic carbocycles. The monoisotopic (exact) mass is 1020 g/mol. The van der Waals surface area contributed by atoms with Gasteiger partial charge in [0.15, 0.2) is 5.78 Å². The van der Waals surface area contributed by atoms with Gasteiger partial charge in [0.25, 0.3) is 0 Å². The molecule has 2 aliphatic carbocycles. The van der Waals surface area contributed by atoms with Crippen LogP contribution in [0.5, 0.6) is 11.5 Å². The minimum Gasteiger partial charge on any atom is -0.426 e. The molecule has 10 nitrogen and oxygen atoms in total. The molecule has 0 radical (unpaired) electrons. The van der Waals surface area contributed by atoms with Crippen LogP contribution in [0, 0.1) is 29.1 Å². The Morgan fingerprint density at radius 2 is 0.880 bits per heavy atom. The molecule has 2 fully saturated rings. The molecule has 0 saturated heterocycles. The zero-order valence-electron chi connectivity index (χ0n) is 45.0. The summed E-state index contributed by atoms with van der Waals surface area (Å²) in [5, 5.41) is 24.6. The highest BCUT2D eigenvalue weighted by molar-refractivity contribution is 6.01. The number of carbonyl (C=O) groups excluding carboxylic acids is 4. The number of rotatable bonds is 30. The number of benzene rings is 4. The Balaban J connectivity index is 1.10. The van der Waals surface area contributed by atoms with E-state index in [1.807, 2.05) is 0 Å². The van der Waals surface area contributed by atoms with E-state index in [4.69, 9.17) is 20.9 Å². The number of anilines is 2. The predicted octanol–water partition coefficient (Wildman–Crippen LogP) is 14.2. The zero-order valence-corrected chi connectivity index (χ0v) is 45.0. The highest BCUT2D eigenvalue weighted by Crippen LogP contribution is 2.43. The van der Waals surface area contributed by atoms with E-state index in [9.17, 15) is 29.4 Å². The van der Waals surface area contributed by atoms with Gasteiger partial charge < -0.3 is 31.2 Å². The van der Waals surface area contributed by atoms with Gasteiger partial charge >= 0.3 is 11.9 Å². The van der Waals surface area contributed by atoms with Gasteiger partial charge in [0, 0.05) is 23.2 Å². The smallest absolute Gasteiger partial charge is 0.314 e. The maximum Gasteiger partial charge on any atom is 0.314 e. The summed E-state index contributed by atoms with van der Waals surface area (Å²) in [5.74, 6) is -2.99. The van der Waals surface area contributed by atoms with E-state index in [1.54, 1.807) is 103 Å². The first-order chi connectivity index (χ1) is 36.2. The van der Waals surface area contributed by atoms with E-state index in [0.717, 1.165) is 57.4 Å². The standard InChI is InChI=1S/C65H86N2O8/c1-3-5-7-9-11-13-15-48-17-31-54(32-18-48)62(70)74-59-40-26-50(27-41-59)25-39-58(68)47-64(45-52-21-35-56(66)36-22-52,46-53-23-37-57(67)38-24-53)65(72,73)61(69)44-30-51-28-42-60(43-29-51)75-63(71)55-33-19-49(20-34-55)16-14-12-10-8-6-4-2/h21-30,35-44,48-49,54-55,72-73H,3-20,31-34,45-47,66-67H2,1-2H3/b39-25+,44-30+. The molecule has 10 heteroatoms. The SMILES string of the molecule is CCCCCCCCC1CCC(C(=O)Oc2ccc(/C=C/C(=O)CC(Cc3ccc(N)cc3)(Cc3ccc(N)cc3)C(O)(O)C(=O)/C=C/c3ccc(OC(=O)C4CCC(CCCCCCCC)CC4)cc3)cc2)CC1. The van der Waals surface area contributed by atoms with E-state index in [1.165, 1.54) is 102 Å². The minimum atomic E-state index is -3.06. The van der Waals surface area contributed by atoms with Crippen molar-refractivity contribution in [2.24, 2.45) is 29.1 Å². The Kier molecular flexibility index (Phi) is 23.4. The van der Waals surface area contributed by atoms with Crippen LogP contribution in [0.4, 0.5) is 11.4 Å². The molecule has 0 aliphatic heterocycles. The molecule has 6 rings (SSSR count). The normalized spacial score (nSPS) is 18.3. The summed E-state index contributed by atoms with van der Waals surface area (Å²) < 4.78 is 11.6. The van der Waals surface area contributed by atoms with Crippen molar-refractivity contribution in [1.82, 2.24) is 0 Å². The molecule has 0 amide bonds. The number of carbonyl (C=O) groups is 4. The maximum absolute atomic E-state index is 14.3. The van der Waals surface area contributed by atoms with Gasteiger partial charge in [-0.3, -0.25) is 19.2 Å². The van der Waals surface area contributed by atoms with Gasteiger partial charge in [0.2, 0.25) is 11.6 Å². The molecular formula is C65H86N2O8. The molecule has 2 saturated carbocycles. The van der Waals surface area contributed by atoms with Gasteiger partial charge in [-0.15, -0.1) is 0 Å². The number of nitrogens with two attached hydrogens (primary N) is 2. The zero-order chi connectivity index (χ0) is 53.5. The van der Waals surface area contributed by atoms with Crippen molar-refractivity contribution < 1.29 is 38.9 Å². The molecule has 0 atom stereocenters. The lowest BCUT2D eigenvalue weighted by Gasteiger charge is -2.42. The summed E-state index contributed by atoms with van der Waals surface area (Å²) in [6.07, 6.45) is 30.6. The van der Waals surface area contributed by atoms with Crippen LogP contribution in [0.15, 0.2) is 109 Å². The van der Waals surface area contributed by atoms with Crippen molar-refractivity contribution in [3.8, 4) is 11.5 Å². The third kappa shape index (κ3) is 18.7. The van der Waals surface area contributed by atoms with E-state index >= 15 is 0 Å². The van der Waals surface area contributed by atoms with Crippen molar-refractivity contribution in [3.63, 3.8) is 0 Å². The molecular weight excluding hydrogens is 937 g/mol. The minimum absolute atomic E-state index is 0.0779. The van der Waals surface area contributed by atoms with Crippen LogP contribution in [0.25, 0.3) is 12.2 Å². The molecule has 0 aromatic heterocycles. The van der Waals surface area contributed by atoms with Gasteiger partial charge in [0.1, 0.15) is 11.5 Å². The van der Waals surface area contributed by atoms with Crippen LogP contribution in [-0.4, -0.2) is 39.5 Å². The molecule has 4 aromatic rings. The van der Waals surface area contributed by atoms with E-state index in [0.29, 0.717) is 57.0 Å². The summed E-state index contributed by atoms with van der Waals surface area (Å²) >= 11 is 0. The third-order valence-electron chi connectivity index (χ3n) is 16.0. The lowest BCUT2D eigenvalue weighted by molar-refractivity contribution is -0.230. The van der Waals surface area contributed by atoms with Gasteiger partial charge in [-0.2, -0.15) is 0 Å². The molecule has 0 heterocycles. The van der Waals surface area contributed by atoms with Crippen LogP contribution in [0.2, 0.25) is 0 Å². The van der Waals surface area contributed by atoms with Crippen LogP contribution < -0.4 is 20.9 Å². The number of ether oxygens (including phenoxy) is 2. The summed E-state index contributed by atoms with van der Waals surface area (Å²) in [7, 11) is 0. The second-order valence-electron chi connectivity index (χ2n) is 22.0. The van der Waals surface area contributed by atoms with Crippen molar-refractivity contribution in [3.05, 3.63) is 131 Å². The Morgan fingerprint density at radius 3 is 1.28 bits per heavy atom. The average molecular weight is 1020 g/mol. The van der Waals surface area contributed by atoms with Crippen molar-refractivity contribution in [2.75, 3.05) is 11.5 Å². The van der Waals surface area contributed by atoms with E-state index in [-0.39, 0.29) is 36.6 Å². The fourth-order valence-electron chi connectivity index (χ4n) is 11.2. The first-order valence-electron chi connectivity index (χ1n) is 28.5. The summed E-state index contributed by atoms with van der Waals surface area (Å²) in [6, 6.07) is 27.4. The van der Waals surface area contributed by atoms with Crippen LogP contribution >= 0.6 is 0 Å². The van der Waals surface area contributed by atoms with Crippen molar-refractivity contribution >= 4 is 47.0 Å². The van der Waals surface area contributed by atoms with E-state index < -0.39 is 29.2 Å². The summed E-state index contributed by atoms with van der Waals surface area (Å²) in [4.78, 5) is 54.8. The molecule has 75 heavy (non-hydrogen) atoms. The number of esters is 2. The lowest BCUT2D eigenvalue weighted by atomic mass is 9.65. The largest absolute Gasteiger partial charge is 0.426 e. The van der Waals surface area contributed by atoms with E-state index in [2.05, 4.69) is 13.8 Å². The highest BCUT2D eigenvalue weighted by atomic mass is 16.5. The number of unbranched alkanes of at least 4 members (excludes halogenated alkanes) is 10. The molecule has 0 unspecified atom stereocenters. The van der Waals surface area contributed by atoms with Gasteiger partial charge in [-0.25, -0.2) is 0 Å². The number of nitrogen functional groups attached to an aromatic ring is 2.